The second-order valence-electron chi connectivity index (χ2n) is 9.83. The number of benzene rings is 3. The molecule has 1 aliphatic heterocycles. The molecule has 1 fully saturated rings. The van der Waals surface area contributed by atoms with E-state index in [1.807, 2.05) is 66.2 Å². The molecule has 5 heteroatoms. The van der Waals surface area contributed by atoms with E-state index in [9.17, 15) is 4.79 Å². The molecule has 1 aliphatic rings. The van der Waals surface area contributed by atoms with Crippen LogP contribution in [0.5, 0.6) is 5.75 Å². The van der Waals surface area contributed by atoms with Crippen LogP contribution in [0, 0.1) is 5.92 Å². The van der Waals surface area contributed by atoms with E-state index >= 15 is 0 Å². The highest BCUT2D eigenvalue weighted by Gasteiger charge is 2.19. The standard InChI is InChI=1S/C31H35N3O2/c1-33-29-15-14-28(21-26(29)22-30(33)31(35)32-27-12-6-3-7-13-27)36-20-8-11-24-16-18-34(19-17-24)23-25-9-4-2-5-10-25/h2-7,9-10,12-15,21-22,24H,8,11,16-20,23H2,1H3,(H,32,35). The van der Waals surface area contributed by atoms with Gasteiger partial charge in [0.25, 0.3) is 5.91 Å². The zero-order valence-electron chi connectivity index (χ0n) is 21.0. The Hall–Kier alpha value is -3.57. The molecule has 0 saturated carbocycles. The van der Waals surface area contributed by atoms with Gasteiger partial charge in [-0.05, 0) is 86.7 Å². The number of hydrogen-bond acceptors (Lipinski definition) is 3. The Labute approximate surface area is 213 Å². The lowest BCUT2D eigenvalue weighted by molar-refractivity contribution is 0.101. The number of rotatable bonds is 9. The summed E-state index contributed by atoms with van der Waals surface area (Å²) in [6, 6.07) is 28.3. The summed E-state index contributed by atoms with van der Waals surface area (Å²) in [5.41, 5.74) is 3.84. The number of nitrogens with zero attached hydrogens (tertiary/aromatic N) is 2. The number of ether oxygens (including phenoxy) is 1. The summed E-state index contributed by atoms with van der Waals surface area (Å²) in [5, 5.41) is 3.98. The van der Waals surface area contributed by atoms with Crippen molar-refractivity contribution in [3.8, 4) is 5.75 Å². The van der Waals surface area contributed by atoms with Crippen LogP contribution in [0.1, 0.15) is 41.7 Å². The lowest BCUT2D eigenvalue weighted by atomic mass is 9.92. The SMILES string of the molecule is Cn1c(C(=O)Nc2ccccc2)cc2cc(OCCCC3CCN(Cc4ccccc4)CC3)ccc21. The number of anilines is 1. The Morgan fingerprint density at radius 1 is 0.944 bits per heavy atom. The fourth-order valence-electron chi connectivity index (χ4n) is 5.19. The molecular formula is C31H35N3O2. The smallest absolute Gasteiger partial charge is 0.272 e. The van der Waals surface area contributed by atoms with E-state index in [0.717, 1.165) is 47.8 Å². The van der Waals surface area contributed by atoms with Gasteiger partial charge < -0.3 is 14.6 Å². The molecule has 0 atom stereocenters. The van der Waals surface area contributed by atoms with Crippen LogP contribution in [0.25, 0.3) is 10.9 Å². The van der Waals surface area contributed by atoms with E-state index in [4.69, 9.17) is 4.74 Å². The molecule has 36 heavy (non-hydrogen) atoms. The number of fused-ring (bicyclic) bond motifs is 1. The molecule has 1 aromatic heterocycles. The third kappa shape index (κ3) is 5.97. The third-order valence-corrected chi connectivity index (χ3v) is 7.26. The first-order valence-corrected chi connectivity index (χ1v) is 13.0. The van der Waals surface area contributed by atoms with Gasteiger partial charge in [0.1, 0.15) is 11.4 Å². The molecule has 5 nitrogen and oxygen atoms in total. The first-order valence-electron chi connectivity index (χ1n) is 13.0. The molecular weight excluding hydrogens is 446 g/mol. The van der Waals surface area contributed by atoms with Gasteiger partial charge in [-0.15, -0.1) is 0 Å². The number of nitrogens with one attached hydrogen (secondary N) is 1. The monoisotopic (exact) mass is 481 g/mol. The molecule has 3 aromatic carbocycles. The maximum absolute atomic E-state index is 12.8. The van der Waals surface area contributed by atoms with Crippen molar-refractivity contribution >= 4 is 22.5 Å². The molecule has 1 N–H and O–H groups in total. The van der Waals surface area contributed by atoms with Crippen molar-refractivity contribution in [2.24, 2.45) is 13.0 Å². The second-order valence-corrected chi connectivity index (χ2v) is 9.83. The number of carbonyl (C=O) groups excluding carboxylic acids is 1. The maximum atomic E-state index is 12.8. The molecule has 1 amide bonds. The van der Waals surface area contributed by atoms with Crippen molar-refractivity contribution in [1.29, 1.82) is 0 Å². The van der Waals surface area contributed by atoms with E-state index in [1.54, 1.807) is 0 Å². The third-order valence-electron chi connectivity index (χ3n) is 7.26. The minimum atomic E-state index is -0.114. The van der Waals surface area contributed by atoms with Crippen LogP contribution in [-0.2, 0) is 13.6 Å². The first-order chi connectivity index (χ1) is 17.7. The Morgan fingerprint density at radius 3 is 2.42 bits per heavy atom. The number of carbonyl (C=O) groups is 1. The van der Waals surface area contributed by atoms with Gasteiger partial charge in [-0.3, -0.25) is 9.69 Å². The van der Waals surface area contributed by atoms with Gasteiger partial charge in [-0.25, -0.2) is 0 Å². The number of aryl methyl sites for hydroxylation is 1. The average Bonchev–Trinajstić information content (AvgIpc) is 3.24. The Balaban J connectivity index is 1.08. The molecule has 5 rings (SSSR count). The lowest BCUT2D eigenvalue weighted by Gasteiger charge is -2.32. The minimum Gasteiger partial charge on any atom is -0.494 e. The molecule has 186 valence electrons. The highest BCUT2D eigenvalue weighted by molar-refractivity contribution is 6.06. The summed E-state index contributed by atoms with van der Waals surface area (Å²) in [6.45, 7) is 4.16. The van der Waals surface area contributed by atoms with Crippen molar-refractivity contribution in [2.75, 3.05) is 25.0 Å². The number of hydrogen-bond donors (Lipinski definition) is 1. The Bertz CT molecular complexity index is 1280. The van der Waals surface area contributed by atoms with Crippen LogP contribution in [-0.4, -0.2) is 35.1 Å². The number of likely N-dealkylation sites (tertiary alicyclic amines) is 1. The van der Waals surface area contributed by atoms with Crippen LogP contribution in [0.15, 0.2) is 84.9 Å². The molecule has 0 unspecified atom stereocenters. The summed E-state index contributed by atoms with van der Waals surface area (Å²) < 4.78 is 8.02. The molecule has 4 aromatic rings. The lowest BCUT2D eigenvalue weighted by Crippen LogP contribution is -2.33. The highest BCUT2D eigenvalue weighted by atomic mass is 16.5. The van der Waals surface area contributed by atoms with E-state index in [2.05, 4.69) is 40.5 Å². The van der Waals surface area contributed by atoms with Crippen molar-refractivity contribution in [1.82, 2.24) is 9.47 Å². The zero-order valence-corrected chi connectivity index (χ0v) is 21.0. The van der Waals surface area contributed by atoms with Gasteiger partial charge in [0.05, 0.1) is 6.61 Å². The highest BCUT2D eigenvalue weighted by Crippen LogP contribution is 2.26. The number of para-hydroxylation sites is 1. The molecule has 0 radical (unpaired) electrons. The Morgan fingerprint density at radius 2 is 1.67 bits per heavy atom. The summed E-state index contributed by atoms with van der Waals surface area (Å²) in [7, 11) is 1.92. The van der Waals surface area contributed by atoms with Crippen molar-refractivity contribution in [2.45, 2.75) is 32.2 Å². The normalized spacial score (nSPS) is 14.7. The van der Waals surface area contributed by atoms with Gasteiger partial charge >= 0.3 is 0 Å². The molecule has 1 saturated heterocycles. The van der Waals surface area contributed by atoms with Crippen molar-refractivity contribution in [3.05, 3.63) is 96.2 Å². The van der Waals surface area contributed by atoms with E-state index in [1.165, 1.54) is 37.9 Å². The Kier molecular flexibility index (Phi) is 7.67. The minimum absolute atomic E-state index is 0.114. The largest absolute Gasteiger partial charge is 0.494 e. The van der Waals surface area contributed by atoms with Crippen molar-refractivity contribution in [3.63, 3.8) is 0 Å². The van der Waals surface area contributed by atoms with E-state index < -0.39 is 0 Å². The topological polar surface area (TPSA) is 46.5 Å². The summed E-state index contributed by atoms with van der Waals surface area (Å²) >= 11 is 0. The predicted octanol–water partition coefficient (Wildman–Crippen LogP) is 6.50. The fourth-order valence-corrected chi connectivity index (χ4v) is 5.19. The average molecular weight is 482 g/mol. The van der Waals surface area contributed by atoms with E-state index in [0.29, 0.717) is 5.69 Å². The van der Waals surface area contributed by atoms with Crippen LogP contribution in [0.4, 0.5) is 5.69 Å². The van der Waals surface area contributed by atoms with Crippen LogP contribution in [0.2, 0.25) is 0 Å². The molecule has 0 aliphatic carbocycles. The van der Waals surface area contributed by atoms with Gasteiger partial charge in [-0.1, -0.05) is 48.5 Å². The van der Waals surface area contributed by atoms with Crippen LogP contribution >= 0.6 is 0 Å². The predicted molar refractivity (Wildman–Crippen MR) is 146 cm³/mol. The van der Waals surface area contributed by atoms with Gasteiger partial charge in [0, 0.05) is 30.2 Å². The fraction of sp³-hybridized carbons (Fsp3) is 0.323. The van der Waals surface area contributed by atoms with Gasteiger partial charge in [-0.2, -0.15) is 0 Å². The van der Waals surface area contributed by atoms with Crippen LogP contribution < -0.4 is 10.1 Å². The number of amides is 1. The first kappa shape index (κ1) is 24.1. The number of aromatic nitrogens is 1. The quantitative estimate of drug-likeness (QED) is 0.278. The second kappa shape index (κ2) is 11.4. The molecule has 0 bridgehead atoms. The van der Waals surface area contributed by atoms with Gasteiger partial charge in [0.15, 0.2) is 0 Å². The molecule has 2 heterocycles. The number of piperidine rings is 1. The summed E-state index contributed by atoms with van der Waals surface area (Å²) in [4.78, 5) is 15.4. The summed E-state index contributed by atoms with van der Waals surface area (Å²) in [5.74, 6) is 1.54. The zero-order chi connectivity index (χ0) is 24.7. The van der Waals surface area contributed by atoms with Gasteiger partial charge in [0.2, 0.25) is 0 Å². The molecule has 0 spiro atoms. The van der Waals surface area contributed by atoms with Crippen LogP contribution in [0.3, 0.4) is 0 Å². The maximum Gasteiger partial charge on any atom is 0.272 e. The van der Waals surface area contributed by atoms with Crippen molar-refractivity contribution < 1.29 is 9.53 Å². The van der Waals surface area contributed by atoms with E-state index in [-0.39, 0.29) is 5.91 Å². The summed E-state index contributed by atoms with van der Waals surface area (Å²) in [6.07, 6.45) is 4.84.